The third-order valence-corrected chi connectivity index (χ3v) is 3.30. The van der Waals surface area contributed by atoms with Gasteiger partial charge in [-0.15, -0.1) is 0 Å². The third kappa shape index (κ3) is 3.15. The highest BCUT2D eigenvalue weighted by molar-refractivity contribution is 5.53. The summed E-state index contributed by atoms with van der Waals surface area (Å²) in [5.74, 6) is 0. The molecule has 102 valence electrons. The van der Waals surface area contributed by atoms with Crippen molar-refractivity contribution in [2.24, 2.45) is 0 Å². The second kappa shape index (κ2) is 6.40. The smallest absolute Gasteiger partial charge is 0.274 e. The first-order chi connectivity index (χ1) is 9.24. The van der Waals surface area contributed by atoms with Crippen molar-refractivity contribution in [3.63, 3.8) is 0 Å². The lowest BCUT2D eigenvalue weighted by Crippen LogP contribution is -2.39. The van der Waals surface area contributed by atoms with Crippen molar-refractivity contribution in [2.45, 2.75) is 12.5 Å². The van der Waals surface area contributed by atoms with Gasteiger partial charge in [-0.1, -0.05) is 18.2 Å². The Balaban J connectivity index is 2.32. The summed E-state index contributed by atoms with van der Waals surface area (Å²) in [7, 11) is 0. The van der Waals surface area contributed by atoms with Crippen molar-refractivity contribution >= 4 is 12.0 Å². The molecule has 1 unspecified atom stereocenters. The number of nitrogens with zero attached hydrogens (tertiary/aromatic N) is 2. The number of rotatable bonds is 5. The van der Waals surface area contributed by atoms with Gasteiger partial charge in [-0.25, -0.2) is 0 Å². The van der Waals surface area contributed by atoms with E-state index in [1.54, 1.807) is 18.2 Å². The van der Waals surface area contributed by atoms with Crippen LogP contribution in [0.4, 0.5) is 5.69 Å². The summed E-state index contributed by atoms with van der Waals surface area (Å²) >= 11 is 0. The van der Waals surface area contributed by atoms with E-state index in [1.807, 2.05) is 0 Å². The SMILES string of the molecule is O=CCC(c1ccccc1[N+](=O)[O-])N1CCOCC1. The molecule has 0 amide bonds. The molecule has 0 N–H and O–H groups in total. The minimum absolute atomic E-state index is 0.0702. The van der Waals surface area contributed by atoms with Gasteiger partial charge in [0.2, 0.25) is 0 Å². The van der Waals surface area contributed by atoms with Gasteiger partial charge >= 0.3 is 0 Å². The molecule has 2 rings (SSSR count). The molecule has 0 spiro atoms. The normalized spacial score (nSPS) is 17.9. The number of nitro groups is 1. The van der Waals surface area contributed by atoms with Crippen LogP contribution in [0.25, 0.3) is 0 Å². The van der Waals surface area contributed by atoms with E-state index in [0.717, 1.165) is 6.29 Å². The molecular formula is C13H16N2O4. The number of ether oxygens (including phenoxy) is 1. The van der Waals surface area contributed by atoms with E-state index in [2.05, 4.69) is 4.90 Å². The molecule has 1 fully saturated rings. The Kier molecular flexibility index (Phi) is 4.59. The van der Waals surface area contributed by atoms with Crippen LogP contribution in [-0.4, -0.2) is 42.4 Å². The fourth-order valence-corrected chi connectivity index (χ4v) is 2.39. The van der Waals surface area contributed by atoms with Crippen molar-refractivity contribution in [2.75, 3.05) is 26.3 Å². The van der Waals surface area contributed by atoms with Crippen molar-refractivity contribution < 1.29 is 14.5 Å². The third-order valence-electron chi connectivity index (χ3n) is 3.30. The summed E-state index contributed by atoms with van der Waals surface area (Å²) < 4.78 is 5.28. The molecule has 6 nitrogen and oxygen atoms in total. The average molecular weight is 264 g/mol. The van der Waals surface area contributed by atoms with Crippen LogP contribution >= 0.6 is 0 Å². The number of nitro benzene ring substituents is 1. The topological polar surface area (TPSA) is 72.7 Å². The highest BCUT2D eigenvalue weighted by atomic mass is 16.6. The Morgan fingerprint density at radius 2 is 2.05 bits per heavy atom. The van der Waals surface area contributed by atoms with Gasteiger partial charge < -0.3 is 9.53 Å². The fraction of sp³-hybridized carbons (Fsp3) is 0.462. The molecule has 0 radical (unpaired) electrons. The number of para-hydroxylation sites is 1. The molecule has 1 heterocycles. The van der Waals surface area contributed by atoms with Gasteiger partial charge in [0.1, 0.15) is 6.29 Å². The summed E-state index contributed by atoms with van der Waals surface area (Å²) in [6.45, 7) is 2.56. The van der Waals surface area contributed by atoms with E-state index >= 15 is 0 Å². The van der Waals surface area contributed by atoms with E-state index in [1.165, 1.54) is 6.07 Å². The largest absolute Gasteiger partial charge is 0.379 e. The summed E-state index contributed by atoms with van der Waals surface area (Å²) in [5.41, 5.74) is 0.669. The molecule has 0 saturated carbocycles. The zero-order valence-electron chi connectivity index (χ0n) is 10.5. The molecule has 19 heavy (non-hydrogen) atoms. The Morgan fingerprint density at radius 3 is 2.68 bits per heavy atom. The van der Waals surface area contributed by atoms with Gasteiger partial charge in [0.15, 0.2) is 0 Å². The van der Waals surface area contributed by atoms with Crippen LogP contribution in [0.15, 0.2) is 24.3 Å². The van der Waals surface area contributed by atoms with Gasteiger partial charge in [-0.2, -0.15) is 0 Å². The Labute approximate surface area is 111 Å². The van der Waals surface area contributed by atoms with Crippen molar-refractivity contribution in [3.8, 4) is 0 Å². The Hall–Kier alpha value is -1.79. The lowest BCUT2D eigenvalue weighted by molar-refractivity contribution is -0.386. The van der Waals surface area contributed by atoms with E-state index in [0.29, 0.717) is 31.9 Å². The average Bonchev–Trinajstić information content (AvgIpc) is 2.45. The van der Waals surface area contributed by atoms with Crippen LogP contribution in [0.5, 0.6) is 0 Å². The molecule has 0 bridgehead atoms. The molecule has 1 aromatic carbocycles. The zero-order valence-corrected chi connectivity index (χ0v) is 10.5. The number of hydrogen-bond acceptors (Lipinski definition) is 5. The summed E-state index contributed by atoms with van der Waals surface area (Å²) in [6.07, 6.45) is 1.07. The van der Waals surface area contributed by atoms with E-state index in [4.69, 9.17) is 4.74 Å². The highest BCUT2D eigenvalue weighted by Crippen LogP contribution is 2.31. The van der Waals surface area contributed by atoms with Crippen molar-refractivity contribution in [1.82, 2.24) is 4.90 Å². The van der Waals surface area contributed by atoms with Crippen LogP contribution in [0.2, 0.25) is 0 Å². The van der Waals surface area contributed by atoms with Crippen molar-refractivity contribution in [3.05, 3.63) is 39.9 Å². The molecule has 6 heteroatoms. The zero-order chi connectivity index (χ0) is 13.7. The van der Waals surface area contributed by atoms with Crippen LogP contribution in [0.3, 0.4) is 0 Å². The Morgan fingerprint density at radius 1 is 1.37 bits per heavy atom. The first kappa shape index (κ1) is 13.6. The Bertz CT molecular complexity index is 458. The fourth-order valence-electron chi connectivity index (χ4n) is 2.39. The quantitative estimate of drug-likeness (QED) is 0.458. The van der Waals surface area contributed by atoms with E-state index in [-0.39, 0.29) is 18.2 Å². The van der Waals surface area contributed by atoms with Crippen LogP contribution < -0.4 is 0 Å². The first-order valence-electron chi connectivity index (χ1n) is 6.22. The number of morpholine rings is 1. The summed E-state index contributed by atoms with van der Waals surface area (Å²) in [6, 6.07) is 6.36. The second-order valence-electron chi connectivity index (χ2n) is 4.38. The van der Waals surface area contributed by atoms with Gasteiger partial charge in [-0.05, 0) is 0 Å². The monoisotopic (exact) mass is 264 g/mol. The van der Waals surface area contributed by atoms with Crippen LogP contribution in [0, 0.1) is 10.1 Å². The van der Waals surface area contributed by atoms with Crippen LogP contribution in [-0.2, 0) is 9.53 Å². The molecular weight excluding hydrogens is 248 g/mol. The maximum Gasteiger partial charge on any atom is 0.274 e. The number of carbonyl (C=O) groups excluding carboxylic acids is 1. The molecule has 1 aromatic rings. The predicted molar refractivity (Wildman–Crippen MR) is 68.9 cm³/mol. The molecule has 0 aliphatic carbocycles. The van der Waals surface area contributed by atoms with E-state index in [9.17, 15) is 14.9 Å². The van der Waals surface area contributed by atoms with Gasteiger partial charge in [0.05, 0.1) is 18.1 Å². The molecule has 1 atom stereocenters. The minimum atomic E-state index is -0.395. The minimum Gasteiger partial charge on any atom is -0.379 e. The molecule has 1 aliphatic heterocycles. The molecule has 1 aliphatic rings. The predicted octanol–water partition coefficient (Wildman–Crippen LogP) is 1.56. The van der Waals surface area contributed by atoms with Gasteiger partial charge in [0, 0.05) is 37.2 Å². The van der Waals surface area contributed by atoms with Gasteiger partial charge in [0.25, 0.3) is 5.69 Å². The van der Waals surface area contributed by atoms with Crippen molar-refractivity contribution in [1.29, 1.82) is 0 Å². The second-order valence-corrected chi connectivity index (χ2v) is 4.38. The summed E-state index contributed by atoms with van der Waals surface area (Å²) in [4.78, 5) is 23.6. The lowest BCUT2D eigenvalue weighted by Gasteiger charge is -2.33. The molecule has 0 aromatic heterocycles. The highest BCUT2D eigenvalue weighted by Gasteiger charge is 2.27. The van der Waals surface area contributed by atoms with E-state index < -0.39 is 4.92 Å². The standard InChI is InChI=1S/C13H16N2O4/c16-8-5-12(14-6-9-19-10-7-14)11-3-1-2-4-13(11)15(17)18/h1-4,8,12H,5-7,9-10H2. The maximum absolute atomic E-state index is 11.1. The molecule has 1 saturated heterocycles. The lowest BCUT2D eigenvalue weighted by atomic mass is 10.00. The number of aldehydes is 1. The van der Waals surface area contributed by atoms with Gasteiger partial charge in [-0.3, -0.25) is 15.0 Å². The number of carbonyl (C=O) groups is 1. The number of benzene rings is 1. The summed E-state index contributed by atoms with van der Waals surface area (Å²) in [5, 5.41) is 11.1. The number of hydrogen-bond donors (Lipinski definition) is 0. The van der Waals surface area contributed by atoms with Crippen LogP contribution in [0.1, 0.15) is 18.0 Å². The maximum atomic E-state index is 11.1. The first-order valence-corrected chi connectivity index (χ1v) is 6.22.